The van der Waals surface area contributed by atoms with Gasteiger partial charge in [0.25, 0.3) is 0 Å². The maximum absolute atomic E-state index is 11.3. The molecule has 0 fully saturated rings. The van der Waals surface area contributed by atoms with Crippen LogP contribution >= 0.6 is 0 Å². The molecule has 0 saturated heterocycles. The molecule has 0 amide bonds. The van der Waals surface area contributed by atoms with Crippen LogP contribution in [0.1, 0.15) is 35.3 Å². The van der Waals surface area contributed by atoms with E-state index in [9.17, 15) is 9.90 Å². The van der Waals surface area contributed by atoms with Crippen LogP contribution in [0.5, 0.6) is 0 Å². The molecule has 2 nitrogen and oxygen atoms in total. The summed E-state index contributed by atoms with van der Waals surface area (Å²) in [5.74, 6) is -0.880. The zero-order valence-corrected chi connectivity index (χ0v) is 13.7. The molecule has 118 valence electrons. The Morgan fingerprint density at radius 1 is 0.792 bits per heavy atom. The Kier molecular flexibility index (Phi) is 3.10. The van der Waals surface area contributed by atoms with Gasteiger partial charge in [0, 0.05) is 5.41 Å². The molecule has 24 heavy (non-hydrogen) atoms. The molecular weight excluding hydrogens is 296 g/mol. The zero-order valence-electron chi connectivity index (χ0n) is 13.7. The maximum atomic E-state index is 11.3. The van der Waals surface area contributed by atoms with Gasteiger partial charge in [-0.2, -0.15) is 0 Å². The number of hydrogen-bond donors (Lipinski definition) is 1. The van der Waals surface area contributed by atoms with Gasteiger partial charge < -0.3 is 5.11 Å². The number of aromatic carboxylic acids is 1. The van der Waals surface area contributed by atoms with Gasteiger partial charge in [0.1, 0.15) is 0 Å². The van der Waals surface area contributed by atoms with Crippen molar-refractivity contribution in [2.75, 3.05) is 0 Å². The highest BCUT2D eigenvalue weighted by atomic mass is 16.4. The van der Waals surface area contributed by atoms with Gasteiger partial charge in [-0.3, -0.25) is 0 Å². The smallest absolute Gasteiger partial charge is 0.335 e. The van der Waals surface area contributed by atoms with Crippen LogP contribution in [0.3, 0.4) is 0 Å². The van der Waals surface area contributed by atoms with Gasteiger partial charge in [-0.25, -0.2) is 4.79 Å². The summed E-state index contributed by atoms with van der Waals surface area (Å²) in [4.78, 5) is 11.3. The van der Waals surface area contributed by atoms with Gasteiger partial charge in [-0.05, 0) is 51.6 Å². The lowest BCUT2D eigenvalue weighted by molar-refractivity contribution is 0.0697. The van der Waals surface area contributed by atoms with E-state index >= 15 is 0 Å². The first kappa shape index (κ1) is 14.7. The monoisotopic (exact) mass is 314 g/mol. The normalized spacial score (nSPS) is 14.1. The molecule has 0 bridgehead atoms. The number of benzene rings is 3. The summed E-state index contributed by atoms with van der Waals surface area (Å²) in [6.45, 7) is 4.33. The Labute approximate surface area is 141 Å². The van der Waals surface area contributed by atoms with Gasteiger partial charge >= 0.3 is 5.97 Å². The molecule has 0 atom stereocenters. The van der Waals surface area contributed by atoms with E-state index in [1.165, 1.54) is 22.3 Å². The molecule has 0 radical (unpaired) electrons. The molecule has 1 aliphatic carbocycles. The fourth-order valence-electron chi connectivity index (χ4n) is 3.68. The molecule has 0 unspecified atom stereocenters. The van der Waals surface area contributed by atoms with Crippen molar-refractivity contribution < 1.29 is 9.90 Å². The average molecular weight is 314 g/mol. The van der Waals surface area contributed by atoms with Crippen molar-refractivity contribution in [2.24, 2.45) is 0 Å². The van der Waals surface area contributed by atoms with Gasteiger partial charge in [-0.15, -0.1) is 0 Å². The van der Waals surface area contributed by atoms with Crippen molar-refractivity contribution >= 4 is 5.97 Å². The van der Waals surface area contributed by atoms with Crippen LogP contribution in [0.4, 0.5) is 0 Å². The lowest BCUT2D eigenvalue weighted by Crippen LogP contribution is -2.15. The number of carboxylic acid groups (broad SMARTS) is 1. The van der Waals surface area contributed by atoms with Crippen LogP contribution in [0.15, 0.2) is 66.7 Å². The van der Waals surface area contributed by atoms with E-state index in [0.717, 1.165) is 11.1 Å². The van der Waals surface area contributed by atoms with Crippen LogP contribution in [0, 0.1) is 0 Å². The zero-order chi connectivity index (χ0) is 16.9. The highest BCUT2D eigenvalue weighted by molar-refractivity contribution is 5.91. The summed E-state index contributed by atoms with van der Waals surface area (Å²) in [6.07, 6.45) is 0. The summed E-state index contributed by atoms with van der Waals surface area (Å²) < 4.78 is 0. The third-order valence-corrected chi connectivity index (χ3v) is 5.03. The number of hydrogen-bond acceptors (Lipinski definition) is 1. The van der Waals surface area contributed by atoms with Crippen molar-refractivity contribution in [1.82, 2.24) is 0 Å². The largest absolute Gasteiger partial charge is 0.478 e. The summed E-state index contributed by atoms with van der Waals surface area (Å²) in [5.41, 5.74) is 7.20. The highest BCUT2D eigenvalue weighted by Gasteiger charge is 2.36. The van der Waals surface area contributed by atoms with E-state index in [1.807, 2.05) is 30.3 Å². The summed E-state index contributed by atoms with van der Waals surface area (Å²) >= 11 is 0. The Morgan fingerprint density at radius 3 is 2.08 bits per heavy atom. The fourth-order valence-corrected chi connectivity index (χ4v) is 3.68. The second-order valence-electron chi connectivity index (χ2n) is 6.82. The maximum Gasteiger partial charge on any atom is 0.335 e. The number of carboxylic acids is 1. The van der Waals surface area contributed by atoms with Crippen molar-refractivity contribution in [3.63, 3.8) is 0 Å². The minimum Gasteiger partial charge on any atom is -0.478 e. The molecule has 1 N–H and O–H groups in total. The molecule has 4 rings (SSSR count). The summed E-state index contributed by atoms with van der Waals surface area (Å²) in [7, 11) is 0. The minimum absolute atomic E-state index is 0.207. The van der Waals surface area contributed by atoms with Crippen LogP contribution < -0.4 is 0 Å². The second-order valence-corrected chi connectivity index (χ2v) is 6.82. The summed E-state index contributed by atoms with van der Waals surface area (Å²) in [6, 6.07) is 22.3. The second kappa shape index (κ2) is 5.07. The van der Waals surface area contributed by atoms with E-state index in [1.54, 1.807) is 6.07 Å². The molecule has 1 aliphatic rings. The van der Waals surface area contributed by atoms with Crippen molar-refractivity contribution in [1.29, 1.82) is 0 Å². The first-order chi connectivity index (χ1) is 11.5. The van der Waals surface area contributed by atoms with Crippen LogP contribution in [0.2, 0.25) is 0 Å². The van der Waals surface area contributed by atoms with Gasteiger partial charge in [0.15, 0.2) is 0 Å². The van der Waals surface area contributed by atoms with E-state index in [4.69, 9.17) is 0 Å². The fraction of sp³-hybridized carbons (Fsp3) is 0.136. The van der Waals surface area contributed by atoms with Gasteiger partial charge in [0.05, 0.1) is 5.56 Å². The Hall–Kier alpha value is -2.87. The van der Waals surface area contributed by atoms with E-state index < -0.39 is 5.97 Å². The lowest BCUT2D eigenvalue weighted by Gasteiger charge is -2.22. The molecule has 0 heterocycles. The molecule has 0 aliphatic heterocycles. The van der Waals surface area contributed by atoms with Gasteiger partial charge in [-0.1, -0.05) is 62.4 Å². The van der Waals surface area contributed by atoms with Crippen molar-refractivity contribution in [3.05, 3.63) is 83.4 Å². The molecule has 0 spiro atoms. The Morgan fingerprint density at radius 2 is 1.42 bits per heavy atom. The molecule has 3 aromatic carbocycles. The first-order valence-electron chi connectivity index (χ1n) is 8.06. The Balaban J connectivity index is 1.90. The molecule has 0 aromatic heterocycles. The summed E-state index contributed by atoms with van der Waals surface area (Å²) in [5, 5.41) is 9.30. The molecule has 3 aromatic rings. The van der Waals surface area contributed by atoms with Crippen LogP contribution in [0.25, 0.3) is 22.3 Å². The molecular formula is C22H18O2. The molecule has 0 saturated carbocycles. The third kappa shape index (κ3) is 2.07. The number of carbonyl (C=O) groups is 1. The Bertz CT molecular complexity index is 953. The van der Waals surface area contributed by atoms with Crippen LogP contribution in [-0.4, -0.2) is 11.1 Å². The van der Waals surface area contributed by atoms with E-state index in [-0.39, 0.29) is 5.41 Å². The average Bonchev–Trinajstić information content (AvgIpc) is 2.83. The van der Waals surface area contributed by atoms with E-state index in [0.29, 0.717) is 5.56 Å². The first-order valence-corrected chi connectivity index (χ1v) is 8.06. The highest BCUT2D eigenvalue weighted by Crippen LogP contribution is 2.49. The number of rotatable bonds is 2. The minimum atomic E-state index is -0.880. The van der Waals surface area contributed by atoms with Crippen LogP contribution in [-0.2, 0) is 5.41 Å². The lowest BCUT2D eigenvalue weighted by atomic mass is 9.81. The SMILES string of the molecule is CC1(C)c2cc(C(=O)O)ccc2-c2ccc(-c3ccccc3)cc21. The predicted molar refractivity (Wildman–Crippen MR) is 96.4 cm³/mol. The standard InChI is InChI=1S/C22H18O2/c1-22(2)19-12-15(14-6-4-3-5-7-14)8-10-17(19)18-11-9-16(21(23)24)13-20(18)22/h3-13H,1-2H3,(H,23,24). The van der Waals surface area contributed by atoms with Crippen molar-refractivity contribution in [2.45, 2.75) is 19.3 Å². The third-order valence-electron chi connectivity index (χ3n) is 5.03. The van der Waals surface area contributed by atoms with Crippen molar-refractivity contribution in [3.8, 4) is 22.3 Å². The molecule has 2 heteroatoms. The number of fused-ring (bicyclic) bond motifs is 3. The topological polar surface area (TPSA) is 37.3 Å². The predicted octanol–water partition coefficient (Wildman–Crippen LogP) is 5.36. The van der Waals surface area contributed by atoms with Gasteiger partial charge in [0.2, 0.25) is 0 Å². The quantitative estimate of drug-likeness (QED) is 0.691. The van der Waals surface area contributed by atoms with E-state index in [2.05, 4.69) is 44.2 Å².